The van der Waals surface area contributed by atoms with E-state index < -0.39 is 0 Å². The van der Waals surface area contributed by atoms with Gasteiger partial charge in [-0.05, 0) is 23.1 Å². The molecule has 0 fully saturated rings. The highest BCUT2D eigenvalue weighted by Gasteiger charge is 2.12. The predicted octanol–water partition coefficient (Wildman–Crippen LogP) is 1.85. The van der Waals surface area contributed by atoms with Gasteiger partial charge >= 0.3 is 0 Å². The van der Waals surface area contributed by atoms with E-state index in [9.17, 15) is 0 Å². The topological polar surface area (TPSA) is 43.6 Å². The second-order valence-corrected chi connectivity index (χ2v) is 4.42. The zero-order chi connectivity index (χ0) is 12.1. The third-order valence-corrected chi connectivity index (χ3v) is 3.04. The summed E-state index contributed by atoms with van der Waals surface area (Å²) in [4.78, 5) is 1.48. The molecule has 1 heterocycles. The summed E-state index contributed by atoms with van der Waals surface area (Å²) in [6.07, 6.45) is 1.72. The number of tetrazole rings is 1. The Balaban J connectivity index is 1.98. The van der Waals surface area contributed by atoms with Gasteiger partial charge in [0.2, 0.25) is 0 Å². The number of aromatic nitrogens is 4. The summed E-state index contributed by atoms with van der Waals surface area (Å²) in [5.41, 5.74) is 1.29. The molecule has 4 nitrogen and oxygen atoms in total. The van der Waals surface area contributed by atoms with Crippen molar-refractivity contribution in [2.45, 2.75) is 12.8 Å². The van der Waals surface area contributed by atoms with Crippen LogP contribution in [0.4, 0.5) is 0 Å². The SMILES string of the molecule is Cn1nnc(CC(CCl)Cc2ccccc2)n1. The van der Waals surface area contributed by atoms with Crippen molar-refractivity contribution in [3.63, 3.8) is 0 Å². The molecule has 1 atom stereocenters. The standard InChI is InChI=1S/C12H15ClN4/c1-17-15-12(14-16-17)8-11(9-13)7-10-5-3-2-4-6-10/h2-6,11H,7-9H2,1H3. The van der Waals surface area contributed by atoms with Gasteiger partial charge in [0.1, 0.15) is 0 Å². The molecule has 2 aromatic rings. The zero-order valence-corrected chi connectivity index (χ0v) is 10.5. The summed E-state index contributed by atoms with van der Waals surface area (Å²) in [7, 11) is 1.77. The van der Waals surface area contributed by atoms with Crippen molar-refractivity contribution in [3.05, 3.63) is 41.7 Å². The lowest BCUT2D eigenvalue weighted by atomic mass is 9.98. The Labute approximate surface area is 106 Å². The number of alkyl halides is 1. The number of rotatable bonds is 5. The van der Waals surface area contributed by atoms with Gasteiger partial charge in [0.05, 0.1) is 7.05 Å². The second-order valence-electron chi connectivity index (χ2n) is 4.11. The van der Waals surface area contributed by atoms with Crippen LogP contribution >= 0.6 is 11.6 Å². The first-order valence-corrected chi connectivity index (χ1v) is 6.14. The molecule has 0 aliphatic rings. The molecule has 0 aliphatic carbocycles. The Morgan fingerprint density at radius 1 is 1.24 bits per heavy atom. The van der Waals surface area contributed by atoms with Crippen LogP contribution in [0.15, 0.2) is 30.3 Å². The molecule has 0 saturated heterocycles. The van der Waals surface area contributed by atoms with E-state index in [1.54, 1.807) is 7.05 Å². The Hall–Kier alpha value is -1.42. The molecule has 17 heavy (non-hydrogen) atoms. The summed E-state index contributed by atoms with van der Waals surface area (Å²) in [5, 5.41) is 12.0. The third-order valence-electron chi connectivity index (χ3n) is 2.61. The smallest absolute Gasteiger partial charge is 0.167 e. The Morgan fingerprint density at radius 2 is 2.00 bits per heavy atom. The minimum absolute atomic E-state index is 0.350. The first kappa shape index (κ1) is 12.0. The summed E-state index contributed by atoms with van der Waals surface area (Å²) in [5.74, 6) is 1.71. The highest BCUT2D eigenvalue weighted by atomic mass is 35.5. The van der Waals surface area contributed by atoms with Crippen molar-refractivity contribution < 1.29 is 0 Å². The summed E-state index contributed by atoms with van der Waals surface area (Å²) in [6.45, 7) is 0. The number of aryl methyl sites for hydroxylation is 1. The molecule has 1 unspecified atom stereocenters. The van der Waals surface area contributed by atoms with Crippen molar-refractivity contribution in [1.29, 1.82) is 0 Å². The monoisotopic (exact) mass is 250 g/mol. The molecule has 0 amide bonds. The number of hydrogen-bond donors (Lipinski definition) is 0. The number of halogens is 1. The molecule has 90 valence electrons. The van der Waals surface area contributed by atoms with Crippen molar-refractivity contribution in [2.24, 2.45) is 13.0 Å². The van der Waals surface area contributed by atoms with Crippen LogP contribution in [-0.2, 0) is 19.9 Å². The van der Waals surface area contributed by atoms with Crippen molar-refractivity contribution in [2.75, 3.05) is 5.88 Å². The summed E-state index contributed by atoms with van der Waals surface area (Å²) >= 11 is 5.99. The van der Waals surface area contributed by atoms with Crippen LogP contribution in [0.2, 0.25) is 0 Å². The van der Waals surface area contributed by atoms with Gasteiger partial charge in [-0.1, -0.05) is 30.3 Å². The predicted molar refractivity (Wildman–Crippen MR) is 66.9 cm³/mol. The van der Waals surface area contributed by atoms with E-state index in [0.29, 0.717) is 11.8 Å². The molecular formula is C12H15ClN4. The summed E-state index contributed by atoms with van der Waals surface area (Å²) in [6, 6.07) is 10.3. The molecule has 0 saturated carbocycles. The lowest BCUT2D eigenvalue weighted by Crippen LogP contribution is -2.11. The van der Waals surface area contributed by atoms with Crippen LogP contribution in [0.5, 0.6) is 0 Å². The third kappa shape index (κ3) is 3.53. The van der Waals surface area contributed by atoms with E-state index in [1.807, 2.05) is 18.2 Å². The molecule has 0 aliphatic heterocycles. The first-order valence-electron chi connectivity index (χ1n) is 5.60. The normalized spacial score (nSPS) is 12.6. The van der Waals surface area contributed by atoms with Crippen LogP contribution in [-0.4, -0.2) is 26.1 Å². The van der Waals surface area contributed by atoms with E-state index in [-0.39, 0.29) is 0 Å². The Morgan fingerprint density at radius 3 is 2.59 bits per heavy atom. The molecule has 0 spiro atoms. The molecule has 0 N–H and O–H groups in total. The number of hydrogen-bond acceptors (Lipinski definition) is 3. The molecule has 1 aromatic heterocycles. The maximum Gasteiger partial charge on any atom is 0.175 e. The maximum atomic E-state index is 5.99. The van der Waals surface area contributed by atoms with E-state index >= 15 is 0 Å². The van der Waals surface area contributed by atoms with Crippen molar-refractivity contribution in [3.8, 4) is 0 Å². The second kappa shape index (κ2) is 5.77. The lowest BCUT2D eigenvalue weighted by Gasteiger charge is -2.11. The van der Waals surface area contributed by atoms with Crippen LogP contribution in [0.25, 0.3) is 0 Å². The minimum atomic E-state index is 0.350. The maximum absolute atomic E-state index is 5.99. The average molecular weight is 251 g/mol. The van der Waals surface area contributed by atoms with E-state index in [4.69, 9.17) is 11.6 Å². The fraction of sp³-hybridized carbons (Fsp3) is 0.417. The van der Waals surface area contributed by atoms with Gasteiger partial charge in [0.25, 0.3) is 0 Å². The van der Waals surface area contributed by atoms with Gasteiger partial charge in [0, 0.05) is 12.3 Å². The highest BCUT2D eigenvalue weighted by Crippen LogP contribution is 2.13. The largest absolute Gasteiger partial charge is 0.175 e. The molecule has 0 bridgehead atoms. The van der Waals surface area contributed by atoms with Gasteiger partial charge < -0.3 is 0 Å². The zero-order valence-electron chi connectivity index (χ0n) is 9.75. The van der Waals surface area contributed by atoms with E-state index in [1.165, 1.54) is 10.4 Å². The fourth-order valence-corrected chi connectivity index (χ4v) is 2.01. The Kier molecular flexibility index (Phi) is 4.09. The molecule has 2 rings (SSSR count). The number of nitrogens with zero attached hydrogens (tertiary/aromatic N) is 4. The molecular weight excluding hydrogens is 236 g/mol. The molecule has 5 heteroatoms. The first-order chi connectivity index (χ1) is 8.28. The fourth-order valence-electron chi connectivity index (χ4n) is 1.79. The average Bonchev–Trinajstić information content (AvgIpc) is 2.75. The van der Waals surface area contributed by atoms with Crippen LogP contribution in [0, 0.1) is 5.92 Å². The molecule has 0 radical (unpaired) electrons. The van der Waals surface area contributed by atoms with Gasteiger partial charge in [-0.2, -0.15) is 4.80 Å². The van der Waals surface area contributed by atoms with Crippen LogP contribution in [0.1, 0.15) is 11.4 Å². The van der Waals surface area contributed by atoms with Gasteiger partial charge in [-0.3, -0.25) is 0 Å². The number of benzene rings is 1. The van der Waals surface area contributed by atoms with Crippen molar-refractivity contribution >= 4 is 11.6 Å². The molecule has 1 aromatic carbocycles. The van der Waals surface area contributed by atoms with E-state index in [0.717, 1.165) is 18.7 Å². The lowest BCUT2D eigenvalue weighted by molar-refractivity contribution is 0.560. The quantitative estimate of drug-likeness (QED) is 0.761. The van der Waals surface area contributed by atoms with Gasteiger partial charge in [-0.25, -0.2) is 0 Å². The van der Waals surface area contributed by atoms with Gasteiger partial charge in [-0.15, -0.1) is 21.8 Å². The summed E-state index contributed by atoms with van der Waals surface area (Å²) < 4.78 is 0. The van der Waals surface area contributed by atoms with Gasteiger partial charge in [0.15, 0.2) is 5.82 Å². The van der Waals surface area contributed by atoms with Crippen LogP contribution < -0.4 is 0 Å². The minimum Gasteiger partial charge on any atom is -0.167 e. The Bertz CT molecular complexity index is 455. The van der Waals surface area contributed by atoms with Crippen LogP contribution in [0.3, 0.4) is 0 Å². The van der Waals surface area contributed by atoms with Crippen molar-refractivity contribution in [1.82, 2.24) is 20.2 Å². The van der Waals surface area contributed by atoms with E-state index in [2.05, 4.69) is 27.5 Å². The highest BCUT2D eigenvalue weighted by molar-refractivity contribution is 6.18.